The van der Waals surface area contributed by atoms with Crippen LogP contribution in [0.15, 0.2) is 23.6 Å². The third-order valence-electron chi connectivity index (χ3n) is 4.53. The van der Waals surface area contributed by atoms with E-state index in [0.29, 0.717) is 32.8 Å². The number of nitrogens with one attached hydrogen (secondary N) is 1. The number of hydrogen-bond donors (Lipinski definition) is 1. The smallest absolute Gasteiger partial charge is 0.350 e. The molecule has 10 heteroatoms. The summed E-state index contributed by atoms with van der Waals surface area (Å²) in [5.74, 6) is -0.894. The normalized spacial score (nSPS) is 15.9. The summed E-state index contributed by atoms with van der Waals surface area (Å²) >= 11 is 7.36. The summed E-state index contributed by atoms with van der Waals surface area (Å²) in [7, 11) is 4.23. The lowest BCUT2D eigenvalue weighted by Gasteiger charge is -2.21. The van der Waals surface area contributed by atoms with Gasteiger partial charge in [-0.05, 0) is 17.5 Å². The Bertz CT molecular complexity index is 960. The maximum Gasteiger partial charge on any atom is 0.350 e. The van der Waals surface area contributed by atoms with Crippen molar-refractivity contribution in [1.82, 2.24) is 0 Å². The highest BCUT2D eigenvalue weighted by atomic mass is 35.5. The Morgan fingerprint density at radius 2 is 1.93 bits per heavy atom. The number of carbonyl (C=O) groups excluding carboxylic acids is 3. The lowest BCUT2D eigenvalue weighted by Crippen LogP contribution is -2.28. The van der Waals surface area contributed by atoms with E-state index in [1.54, 1.807) is 23.6 Å². The van der Waals surface area contributed by atoms with Gasteiger partial charge in [-0.2, -0.15) is 0 Å². The number of rotatable bonds is 6. The number of anilines is 2. The minimum atomic E-state index is -0.599. The molecule has 29 heavy (non-hydrogen) atoms. The highest BCUT2D eigenvalue weighted by molar-refractivity contribution is 7.12. The lowest BCUT2D eigenvalue weighted by molar-refractivity contribution is -0.122. The van der Waals surface area contributed by atoms with Crippen molar-refractivity contribution in [1.29, 1.82) is 0 Å². The highest BCUT2D eigenvalue weighted by Crippen LogP contribution is 2.40. The number of amides is 2. The molecule has 1 aliphatic rings. The Hall–Kier alpha value is -2.78. The van der Waals surface area contributed by atoms with E-state index < -0.39 is 11.9 Å². The van der Waals surface area contributed by atoms with Crippen molar-refractivity contribution in [3.8, 4) is 11.5 Å². The van der Waals surface area contributed by atoms with Crippen molar-refractivity contribution >= 4 is 52.1 Å². The number of nitrogens with zero attached hydrogens (tertiary/aromatic N) is 1. The van der Waals surface area contributed by atoms with Gasteiger partial charge in [0, 0.05) is 19.0 Å². The van der Waals surface area contributed by atoms with Gasteiger partial charge in [-0.3, -0.25) is 9.59 Å². The zero-order valence-corrected chi connectivity index (χ0v) is 17.6. The Morgan fingerprint density at radius 3 is 2.59 bits per heavy atom. The summed E-state index contributed by atoms with van der Waals surface area (Å²) in [5, 5.41) is 4.72. The lowest BCUT2D eigenvalue weighted by atomic mass is 10.1. The van der Waals surface area contributed by atoms with E-state index >= 15 is 0 Å². The number of carbonyl (C=O) groups is 3. The van der Waals surface area contributed by atoms with Crippen molar-refractivity contribution in [3.05, 3.63) is 33.5 Å². The van der Waals surface area contributed by atoms with Gasteiger partial charge in [-0.15, -0.1) is 11.3 Å². The molecular weight excluding hydrogens is 420 g/mol. The molecule has 3 rings (SSSR count). The number of ether oxygens (including phenoxy) is 3. The fourth-order valence-corrected chi connectivity index (χ4v) is 4.07. The number of thiophene rings is 1. The molecule has 0 radical (unpaired) electrons. The Balaban J connectivity index is 1.79. The topological polar surface area (TPSA) is 94.2 Å². The highest BCUT2D eigenvalue weighted by Gasteiger charge is 2.37. The van der Waals surface area contributed by atoms with Crippen LogP contribution in [0.5, 0.6) is 11.5 Å². The van der Waals surface area contributed by atoms with Crippen molar-refractivity contribution in [2.75, 3.05) is 38.1 Å². The van der Waals surface area contributed by atoms with Crippen LogP contribution in [0.4, 0.5) is 11.4 Å². The number of halogens is 1. The SMILES string of the molecule is COC(=O)c1sccc1NC(=O)C1CC(=O)N(c2cc(Cl)c(OC)cc2OC)C1. The van der Waals surface area contributed by atoms with Crippen molar-refractivity contribution in [2.24, 2.45) is 5.92 Å². The summed E-state index contributed by atoms with van der Waals surface area (Å²) in [5.41, 5.74) is 0.826. The molecule has 1 aliphatic heterocycles. The maximum atomic E-state index is 12.7. The molecule has 1 aromatic carbocycles. The van der Waals surface area contributed by atoms with Gasteiger partial charge in [0.05, 0.1) is 43.6 Å². The maximum absolute atomic E-state index is 12.7. The first-order valence-electron chi connectivity index (χ1n) is 8.58. The molecule has 1 aromatic heterocycles. The van der Waals surface area contributed by atoms with Gasteiger partial charge in [-0.1, -0.05) is 11.6 Å². The first-order valence-corrected chi connectivity index (χ1v) is 9.83. The number of benzene rings is 1. The van der Waals surface area contributed by atoms with Crippen molar-refractivity contribution < 1.29 is 28.6 Å². The molecule has 8 nitrogen and oxygen atoms in total. The average Bonchev–Trinajstić information content (AvgIpc) is 3.33. The summed E-state index contributed by atoms with van der Waals surface area (Å²) < 4.78 is 15.2. The van der Waals surface area contributed by atoms with E-state index in [1.165, 1.54) is 37.6 Å². The van der Waals surface area contributed by atoms with E-state index in [9.17, 15) is 14.4 Å². The Labute approximate surface area is 176 Å². The standard InChI is InChI=1S/C19H19ClN2O6S/c1-26-14-8-15(27-2)13(7-11(14)20)22-9-10(6-16(22)23)18(24)21-12-4-5-29-17(12)19(25)28-3/h4-5,7-8,10H,6,9H2,1-3H3,(H,21,24). The van der Waals surface area contributed by atoms with Crippen LogP contribution in [0.2, 0.25) is 5.02 Å². The van der Waals surface area contributed by atoms with E-state index in [-0.39, 0.29) is 24.8 Å². The molecule has 0 saturated carbocycles. The Morgan fingerprint density at radius 1 is 1.21 bits per heavy atom. The van der Waals surface area contributed by atoms with E-state index in [4.69, 9.17) is 25.8 Å². The molecule has 2 aromatic rings. The van der Waals surface area contributed by atoms with Gasteiger partial charge in [0.1, 0.15) is 16.4 Å². The van der Waals surface area contributed by atoms with Crippen LogP contribution in [0, 0.1) is 5.92 Å². The molecule has 1 fully saturated rings. The predicted molar refractivity (Wildman–Crippen MR) is 109 cm³/mol. The molecular formula is C19H19ClN2O6S. The monoisotopic (exact) mass is 438 g/mol. The molecule has 0 spiro atoms. The van der Waals surface area contributed by atoms with Gasteiger partial charge >= 0.3 is 5.97 Å². The summed E-state index contributed by atoms with van der Waals surface area (Å²) in [6.07, 6.45) is 0.0241. The van der Waals surface area contributed by atoms with Crippen LogP contribution >= 0.6 is 22.9 Å². The second-order valence-electron chi connectivity index (χ2n) is 6.21. The van der Waals surface area contributed by atoms with Gasteiger partial charge in [0.2, 0.25) is 11.8 Å². The summed E-state index contributed by atoms with van der Waals surface area (Å²) in [4.78, 5) is 38.8. The molecule has 1 atom stereocenters. The fraction of sp³-hybridized carbons (Fsp3) is 0.316. The summed E-state index contributed by atoms with van der Waals surface area (Å²) in [6.45, 7) is 0.154. The van der Waals surface area contributed by atoms with Gasteiger partial charge in [-0.25, -0.2) is 4.79 Å². The quantitative estimate of drug-likeness (QED) is 0.696. The first-order chi connectivity index (χ1) is 13.9. The fourth-order valence-electron chi connectivity index (χ4n) is 3.06. The van der Waals surface area contributed by atoms with Gasteiger partial charge < -0.3 is 24.4 Å². The predicted octanol–water partition coefficient (Wildman–Crippen LogP) is 3.20. The van der Waals surface area contributed by atoms with Crippen molar-refractivity contribution in [2.45, 2.75) is 6.42 Å². The van der Waals surface area contributed by atoms with Crippen LogP contribution in [0.1, 0.15) is 16.1 Å². The zero-order valence-electron chi connectivity index (χ0n) is 16.0. The van der Waals surface area contributed by atoms with Crippen LogP contribution < -0.4 is 19.7 Å². The number of hydrogen-bond acceptors (Lipinski definition) is 7. The molecule has 1 saturated heterocycles. The molecule has 0 bridgehead atoms. The number of methoxy groups -OCH3 is 3. The van der Waals surface area contributed by atoms with E-state index in [1.807, 2.05) is 0 Å². The molecule has 1 unspecified atom stereocenters. The average molecular weight is 439 g/mol. The molecule has 1 N–H and O–H groups in total. The number of esters is 1. The minimum absolute atomic E-state index is 0.0241. The first kappa shape index (κ1) is 20.9. The van der Waals surface area contributed by atoms with E-state index in [0.717, 1.165) is 0 Å². The van der Waals surface area contributed by atoms with Crippen LogP contribution in [-0.4, -0.2) is 45.7 Å². The van der Waals surface area contributed by atoms with Crippen LogP contribution in [-0.2, 0) is 14.3 Å². The Kier molecular flexibility index (Phi) is 6.29. The molecule has 2 heterocycles. The largest absolute Gasteiger partial charge is 0.495 e. The zero-order chi connectivity index (χ0) is 21.1. The molecule has 0 aliphatic carbocycles. The second-order valence-corrected chi connectivity index (χ2v) is 7.53. The van der Waals surface area contributed by atoms with E-state index in [2.05, 4.69) is 5.32 Å². The van der Waals surface area contributed by atoms with Gasteiger partial charge in [0.15, 0.2) is 0 Å². The summed E-state index contributed by atoms with van der Waals surface area (Å²) in [6, 6.07) is 4.79. The van der Waals surface area contributed by atoms with Gasteiger partial charge in [0.25, 0.3) is 0 Å². The van der Waals surface area contributed by atoms with Crippen LogP contribution in [0.3, 0.4) is 0 Å². The third-order valence-corrected chi connectivity index (χ3v) is 5.72. The second kappa shape index (κ2) is 8.71. The van der Waals surface area contributed by atoms with Crippen LogP contribution in [0.25, 0.3) is 0 Å². The molecule has 2 amide bonds. The minimum Gasteiger partial charge on any atom is -0.495 e. The molecule has 154 valence electrons. The third kappa shape index (κ3) is 4.15. The van der Waals surface area contributed by atoms with Crippen molar-refractivity contribution in [3.63, 3.8) is 0 Å².